The highest BCUT2D eigenvalue weighted by Crippen LogP contribution is 2.25. The molecule has 5 heteroatoms. The van der Waals surface area contributed by atoms with Crippen molar-refractivity contribution in [2.75, 3.05) is 0 Å². The molecule has 1 aromatic rings. The maximum absolute atomic E-state index is 11.1. The van der Waals surface area contributed by atoms with Crippen LogP contribution in [0.4, 0.5) is 5.69 Å². The van der Waals surface area contributed by atoms with Crippen LogP contribution in [-0.4, -0.2) is 10.2 Å². The van der Waals surface area contributed by atoms with Crippen LogP contribution >= 0.6 is 11.6 Å². The van der Waals surface area contributed by atoms with Crippen molar-refractivity contribution in [3.05, 3.63) is 51.1 Å². The number of nitrogens with zero attached hydrogens (tertiary/aromatic N) is 1. The maximum Gasteiger partial charge on any atom is 0.273 e. The van der Waals surface area contributed by atoms with Gasteiger partial charge in [-0.05, 0) is 43.0 Å². The minimum Gasteiger partial charge on any atom is -0.276 e. The summed E-state index contributed by atoms with van der Waals surface area (Å²) in [6.07, 6.45) is 5.18. The predicted molar refractivity (Wildman–Crippen MR) is 71.2 cm³/mol. The molecule has 0 saturated heterocycles. The highest BCUT2D eigenvalue weighted by atomic mass is 35.5. The van der Waals surface area contributed by atoms with E-state index in [1.807, 2.05) is 19.1 Å². The van der Waals surface area contributed by atoms with Crippen LogP contribution in [0.1, 0.15) is 34.8 Å². The molecule has 0 heterocycles. The molecule has 18 heavy (non-hydrogen) atoms. The second kappa shape index (κ2) is 6.31. The second-order valence-corrected chi connectivity index (χ2v) is 4.25. The molecule has 1 rings (SSSR count). The molecule has 0 saturated carbocycles. The summed E-state index contributed by atoms with van der Waals surface area (Å²) >= 11 is 5.39. The monoisotopic (exact) mass is 267 g/mol. The van der Waals surface area contributed by atoms with Crippen LogP contribution in [0, 0.1) is 17.0 Å². The average Bonchev–Trinajstić information content (AvgIpc) is 2.28. The fourth-order valence-corrected chi connectivity index (χ4v) is 1.88. The number of rotatable bonds is 5. The second-order valence-electron chi connectivity index (χ2n) is 3.91. The van der Waals surface area contributed by atoms with Crippen molar-refractivity contribution in [2.24, 2.45) is 0 Å². The van der Waals surface area contributed by atoms with Gasteiger partial charge in [0.15, 0.2) is 0 Å². The molecule has 0 aliphatic carbocycles. The Morgan fingerprint density at radius 3 is 2.61 bits per heavy atom. The largest absolute Gasteiger partial charge is 0.276 e. The van der Waals surface area contributed by atoms with Crippen molar-refractivity contribution in [3.8, 4) is 0 Å². The third-order valence-corrected chi connectivity index (χ3v) is 2.78. The highest BCUT2D eigenvalue weighted by molar-refractivity contribution is 6.68. The van der Waals surface area contributed by atoms with Gasteiger partial charge in [0.25, 0.3) is 10.9 Å². The van der Waals surface area contributed by atoms with Crippen LogP contribution in [0.3, 0.4) is 0 Å². The summed E-state index contributed by atoms with van der Waals surface area (Å²) in [6.45, 7) is 3.71. The van der Waals surface area contributed by atoms with Crippen molar-refractivity contribution >= 4 is 22.5 Å². The molecule has 0 amide bonds. The quantitative estimate of drug-likeness (QED) is 0.353. The fraction of sp³-hybridized carbons (Fsp3) is 0.308. The lowest BCUT2D eigenvalue weighted by molar-refractivity contribution is -0.385. The lowest BCUT2D eigenvalue weighted by Gasteiger charge is -2.05. The summed E-state index contributed by atoms with van der Waals surface area (Å²) < 4.78 is 0. The van der Waals surface area contributed by atoms with Crippen LogP contribution in [0.2, 0.25) is 0 Å². The van der Waals surface area contributed by atoms with Gasteiger partial charge in [-0.15, -0.1) is 0 Å². The van der Waals surface area contributed by atoms with Gasteiger partial charge in [-0.25, -0.2) is 0 Å². The van der Waals surface area contributed by atoms with E-state index in [4.69, 9.17) is 11.6 Å². The van der Waals surface area contributed by atoms with Crippen molar-refractivity contribution in [3.63, 3.8) is 0 Å². The molecule has 0 aliphatic rings. The molecular weight excluding hydrogens is 254 g/mol. The zero-order valence-corrected chi connectivity index (χ0v) is 11.0. The molecule has 0 aliphatic heterocycles. The third kappa shape index (κ3) is 3.40. The Kier molecular flexibility index (Phi) is 5.04. The molecule has 0 unspecified atom stereocenters. The predicted octanol–water partition coefficient (Wildman–Crippen LogP) is 3.79. The van der Waals surface area contributed by atoms with Crippen molar-refractivity contribution < 1.29 is 9.72 Å². The molecular formula is C13H14ClNO3. The van der Waals surface area contributed by atoms with Gasteiger partial charge in [-0.3, -0.25) is 14.9 Å². The van der Waals surface area contributed by atoms with E-state index in [9.17, 15) is 14.9 Å². The van der Waals surface area contributed by atoms with Crippen LogP contribution in [-0.2, 0) is 6.42 Å². The van der Waals surface area contributed by atoms with E-state index in [1.165, 1.54) is 6.07 Å². The number of hydrogen-bond donors (Lipinski definition) is 0. The first kappa shape index (κ1) is 14.4. The van der Waals surface area contributed by atoms with Crippen LogP contribution < -0.4 is 0 Å². The zero-order valence-electron chi connectivity index (χ0n) is 10.3. The number of aryl methyl sites for hydroxylation is 1. The van der Waals surface area contributed by atoms with Gasteiger partial charge in [0.1, 0.15) is 0 Å². The van der Waals surface area contributed by atoms with E-state index in [-0.39, 0.29) is 11.3 Å². The highest BCUT2D eigenvalue weighted by Gasteiger charge is 2.18. The number of carbonyl (C=O) groups is 1. The van der Waals surface area contributed by atoms with Crippen LogP contribution in [0.25, 0.3) is 0 Å². The maximum atomic E-state index is 11.1. The number of allylic oxidation sites excluding steroid dienone is 2. The van der Waals surface area contributed by atoms with E-state index in [0.29, 0.717) is 17.5 Å². The number of benzene rings is 1. The van der Waals surface area contributed by atoms with E-state index >= 15 is 0 Å². The van der Waals surface area contributed by atoms with Crippen molar-refractivity contribution in [2.45, 2.75) is 26.7 Å². The first-order valence-electron chi connectivity index (χ1n) is 5.60. The molecule has 4 nitrogen and oxygen atoms in total. The van der Waals surface area contributed by atoms with E-state index in [1.54, 1.807) is 13.0 Å². The number of nitro groups is 1. The Morgan fingerprint density at radius 1 is 1.44 bits per heavy atom. The van der Waals surface area contributed by atoms with Crippen LogP contribution in [0.15, 0.2) is 24.3 Å². The summed E-state index contributed by atoms with van der Waals surface area (Å²) in [4.78, 5) is 21.6. The summed E-state index contributed by atoms with van der Waals surface area (Å²) in [7, 11) is 0. The Morgan fingerprint density at radius 2 is 2.11 bits per heavy atom. The van der Waals surface area contributed by atoms with Gasteiger partial charge < -0.3 is 0 Å². The van der Waals surface area contributed by atoms with Crippen LogP contribution in [0.5, 0.6) is 0 Å². The molecule has 1 aromatic carbocycles. The van der Waals surface area contributed by atoms with Gasteiger partial charge in [0.05, 0.1) is 4.92 Å². The first-order valence-corrected chi connectivity index (χ1v) is 5.98. The number of halogens is 1. The number of carbonyl (C=O) groups excluding carboxylic acids is 1. The molecule has 0 bridgehead atoms. The average molecular weight is 268 g/mol. The van der Waals surface area contributed by atoms with E-state index in [2.05, 4.69) is 0 Å². The Bertz CT molecular complexity index is 509. The van der Waals surface area contributed by atoms with E-state index < -0.39 is 10.2 Å². The molecule has 0 spiro atoms. The molecule has 0 N–H and O–H groups in total. The lowest BCUT2D eigenvalue weighted by Crippen LogP contribution is -2.01. The first-order chi connectivity index (χ1) is 8.47. The molecule has 0 radical (unpaired) electrons. The van der Waals surface area contributed by atoms with Crippen molar-refractivity contribution in [1.82, 2.24) is 0 Å². The summed E-state index contributed by atoms with van der Waals surface area (Å²) in [5.41, 5.74) is 1.36. The Labute approximate surface area is 110 Å². The third-order valence-electron chi connectivity index (χ3n) is 2.57. The Balaban J connectivity index is 3.24. The van der Waals surface area contributed by atoms with E-state index in [0.717, 1.165) is 6.42 Å². The van der Waals surface area contributed by atoms with Gasteiger partial charge in [-0.2, -0.15) is 0 Å². The normalized spacial score (nSPS) is 10.8. The minimum absolute atomic E-state index is 0.0645. The molecule has 0 atom stereocenters. The summed E-state index contributed by atoms with van der Waals surface area (Å²) in [5.74, 6) is 0. The van der Waals surface area contributed by atoms with Gasteiger partial charge >= 0.3 is 0 Å². The molecule has 0 fully saturated rings. The summed E-state index contributed by atoms with van der Waals surface area (Å²) in [6, 6.07) is 2.90. The lowest BCUT2D eigenvalue weighted by atomic mass is 10.0. The van der Waals surface area contributed by atoms with Crippen molar-refractivity contribution in [1.29, 1.82) is 0 Å². The fourth-order valence-electron chi connectivity index (χ4n) is 1.68. The minimum atomic E-state index is -0.675. The SMILES string of the molecule is CC/C=C/Cc1cc(C)c(C(=O)Cl)cc1[N+](=O)[O-]. The van der Waals surface area contributed by atoms with Gasteiger partial charge in [0, 0.05) is 17.2 Å². The topological polar surface area (TPSA) is 60.2 Å². The number of hydrogen-bond acceptors (Lipinski definition) is 3. The van der Waals surface area contributed by atoms with Gasteiger partial charge in [0.2, 0.25) is 0 Å². The number of nitro benzene ring substituents is 1. The zero-order chi connectivity index (χ0) is 13.7. The standard InChI is InChI=1S/C13H14ClNO3/c1-3-4-5-6-10-7-9(2)11(13(14)16)8-12(10)15(17)18/h4-5,7-8H,3,6H2,1-2H3/b5-4+. The Hall–Kier alpha value is -1.68. The van der Waals surface area contributed by atoms with Gasteiger partial charge in [-0.1, -0.05) is 19.1 Å². The smallest absolute Gasteiger partial charge is 0.273 e. The summed E-state index contributed by atoms with van der Waals surface area (Å²) in [5, 5.41) is 10.3. The molecule has 96 valence electrons. The molecule has 0 aromatic heterocycles.